The largest absolute Gasteiger partial charge is 0.481 e. The number of carbonyl (C=O) groups is 1. The van der Waals surface area contributed by atoms with Crippen molar-refractivity contribution in [1.82, 2.24) is 5.32 Å². The van der Waals surface area contributed by atoms with Crippen molar-refractivity contribution < 1.29 is 19.0 Å². The van der Waals surface area contributed by atoms with Crippen molar-refractivity contribution in [3.8, 4) is 5.75 Å². The Kier molecular flexibility index (Phi) is 8.82. The zero-order valence-corrected chi connectivity index (χ0v) is 13.2. The maximum absolute atomic E-state index is 11.8. The van der Waals surface area contributed by atoms with Gasteiger partial charge in [-0.05, 0) is 31.5 Å². The van der Waals surface area contributed by atoms with E-state index >= 15 is 0 Å². The third-order valence-corrected chi connectivity index (χ3v) is 2.91. The Bertz CT molecular complexity index is 428. The first-order valence-electron chi connectivity index (χ1n) is 6.90. The van der Waals surface area contributed by atoms with E-state index in [0.29, 0.717) is 37.1 Å². The van der Waals surface area contributed by atoms with Crippen LogP contribution in [0.15, 0.2) is 24.3 Å². The lowest BCUT2D eigenvalue weighted by molar-refractivity contribution is -0.127. The number of benzene rings is 1. The molecule has 6 heteroatoms. The van der Waals surface area contributed by atoms with E-state index in [4.69, 9.17) is 25.8 Å². The lowest BCUT2D eigenvalue weighted by Gasteiger charge is -2.14. The highest BCUT2D eigenvalue weighted by molar-refractivity contribution is 6.30. The van der Waals surface area contributed by atoms with Gasteiger partial charge in [-0.3, -0.25) is 4.79 Å². The molecule has 1 aromatic rings. The number of carbonyl (C=O) groups excluding carboxylic acids is 1. The summed E-state index contributed by atoms with van der Waals surface area (Å²) in [7, 11) is 1.63. The molecular formula is C15H22ClNO4. The average molecular weight is 316 g/mol. The Morgan fingerprint density at radius 3 is 2.86 bits per heavy atom. The summed E-state index contributed by atoms with van der Waals surface area (Å²) in [6.45, 7) is 3.99. The molecule has 0 aliphatic rings. The molecule has 21 heavy (non-hydrogen) atoms. The number of hydrogen-bond donors (Lipinski definition) is 1. The Balaban J connectivity index is 2.16. The van der Waals surface area contributed by atoms with Gasteiger partial charge in [-0.1, -0.05) is 17.7 Å². The molecule has 0 radical (unpaired) electrons. The fourth-order valence-corrected chi connectivity index (χ4v) is 1.75. The van der Waals surface area contributed by atoms with Crippen LogP contribution in [0.4, 0.5) is 0 Å². The molecule has 0 saturated carbocycles. The quantitative estimate of drug-likeness (QED) is 0.673. The number of nitrogens with one attached hydrogen (secondary N) is 1. The molecule has 118 valence electrons. The van der Waals surface area contributed by atoms with Gasteiger partial charge >= 0.3 is 0 Å². The summed E-state index contributed by atoms with van der Waals surface area (Å²) in [5.74, 6) is 0.417. The number of halogens is 1. The summed E-state index contributed by atoms with van der Waals surface area (Å²) < 4.78 is 15.7. The van der Waals surface area contributed by atoms with E-state index in [1.165, 1.54) is 0 Å². The molecule has 0 saturated heterocycles. The molecular weight excluding hydrogens is 294 g/mol. The van der Waals surface area contributed by atoms with Crippen LogP contribution >= 0.6 is 11.6 Å². The molecule has 0 fully saturated rings. The number of hydrogen-bond acceptors (Lipinski definition) is 4. The minimum atomic E-state index is -0.571. The van der Waals surface area contributed by atoms with Gasteiger partial charge < -0.3 is 19.5 Å². The Hall–Kier alpha value is -1.30. The lowest BCUT2D eigenvalue weighted by atomic mass is 10.3. The standard InChI is InChI=1S/C15H22ClNO4/c1-12(21-14-6-3-5-13(16)11-14)15(18)17-7-4-8-20-10-9-19-2/h3,5-6,11-12H,4,7-10H2,1-2H3,(H,17,18). The summed E-state index contributed by atoms with van der Waals surface area (Å²) in [5, 5.41) is 3.38. The van der Waals surface area contributed by atoms with Gasteiger partial charge in [-0.15, -0.1) is 0 Å². The normalized spacial score (nSPS) is 12.0. The second kappa shape index (κ2) is 10.4. The van der Waals surface area contributed by atoms with Gasteiger partial charge in [0.15, 0.2) is 6.10 Å². The van der Waals surface area contributed by atoms with Gasteiger partial charge in [0.05, 0.1) is 13.2 Å². The van der Waals surface area contributed by atoms with Crippen LogP contribution in [-0.2, 0) is 14.3 Å². The number of rotatable bonds is 10. The van der Waals surface area contributed by atoms with Crippen LogP contribution in [0.1, 0.15) is 13.3 Å². The van der Waals surface area contributed by atoms with Crippen LogP contribution in [0.3, 0.4) is 0 Å². The average Bonchev–Trinajstić information content (AvgIpc) is 2.46. The fraction of sp³-hybridized carbons (Fsp3) is 0.533. The number of methoxy groups -OCH3 is 1. The first-order valence-corrected chi connectivity index (χ1v) is 7.28. The van der Waals surface area contributed by atoms with Crippen LogP contribution < -0.4 is 10.1 Å². The van der Waals surface area contributed by atoms with Crippen molar-refractivity contribution in [1.29, 1.82) is 0 Å². The maximum atomic E-state index is 11.8. The smallest absolute Gasteiger partial charge is 0.260 e. The summed E-state index contributed by atoms with van der Waals surface area (Å²) in [6, 6.07) is 6.97. The number of ether oxygens (including phenoxy) is 3. The van der Waals surface area contributed by atoms with E-state index in [2.05, 4.69) is 5.32 Å². The van der Waals surface area contributed by atoms with Crippen LogP contribution in [0.25, 0.3) is 0 Å². The van der Waals surface area contributed by atoms with E-state index in [0.717, 1.165) is 6.42 Å². The molecule has 5 nitrogen and oxygen atoms in total. The number of amides is 1. The van der Waals surface area contributed by atoms with E-state index in [-0.39, 0.29) is 5.91 Å². The topological polar surface area (TPSA) is 56.8 Å². The van der Waals surface area contributed by atoms with Gasteiger partial charge in [0.2, 0.25) is 0 Å². The van der Waals surface area contributed by atoms with Crippen LogP contribution in [0.5, 0.6) is 5.75 Å². The van der Waals surface area contributed by atoms with E-state index in [1.54, 1.807) is 38.3 Å². The molecule has 0 aromatic heterocycles. The molecule has 0 aliphatic carbocycles. The van der Waals surface area contributed by atoms with Crippen molar-refractivity contribution >= 4 is 17.5 Å². The predicted molar refractivity (Wildman–Crippen MR) is 81.9 cm³/mol. The monoisotopic (exact) mass is 315 g/mol. The Labute approximate surface area is 130 Å². The summed E-state index contributed by atoms with van der Waals surface area (Å²) >= 11 is 5.86. The molecule has 0 bridgehead atoms. The third-order valence-electron chi connectivity index (χ3n) is 2.67. The van der Waals surface area contributed by atoms with Crippen molar-refractivity contribution in [2.45, 2.75) is 19.4 Å². The predicted octanol–water partition coefficient (Wildman–Crippen LogP) is 2.28. The highest BCUT2D eigenvalue weighted by atomic mass is 35.5. The highest BCUT2D eigenvalue weighted by Gasteiger charge is 2.13. The van der Waals surface area contributed by atoms with E-state index in [9.17, 15) is 4.79 Å². The molecule has 0 spiro atoms. The third kappa shape index (κ3) is 7.90. The summed E-state index contributed by atoms with van der Waals surface area (Å²) in [5.41, 5.74) is 0. The van der Waals surface area contributed by atoms with Crippen LogP contribution in [0, 0.1) is 0 Å². The second-order valence-corrected chi connectivity index (χ2v) is 4.90. The van der Waals surface area contributed by atoms with Gasteiger partial charge in [-0.2, -0.15) is 0 Å². The van der Waals surface area contributed by atoms with Gasteiger partial charge in [-0.25, -0.2) is 0 Å². The molecule has 1 amide bonds. The molecule has 1 rings (SSSR count). The molecule has 1 atom stereocenters. The first kappa shape index (κ1) is 17.8. The summed E-state index contributed by atoms with van der Waals surface area (Å²) in [6.07, 6.45) is 0.178. The first-order chi connectivity index (χ1) is 10.1. The van der Waals surface area contributed by atoms with Gasteiger partial charge in [0, 0.05) is 25.3 Å². The highest BCUT2D eigenvalue weighted by Crippen LogP contribution is 2.18. The van der Waals surface area contributed by atoms with E-state index in [1.807, 2.05) is 0 Å². The second-order valence-electron chi connectivity index (χ2n) is 4.47. The zero-order chi connectivity index (χ0) is 15.5. The fourth-order valence-electron chi connectivity index (χ4n) is 1.57. The van der Waals surface area contributed by atoms with E-state index < -0.39 is 6.10 Å². The Morgan fingerprint density at radius 2 is 2.14 bits per heavy atom. The van der Waals surface area contributed by atoms with Crippen molar-refractivity contribution in [2.24, 2.45) is 0 Å². The molecule has 1 unspecified atom stereocenters. The van der Waals surface area contributed by atoms with Crippen LogP contribution in [-0.4, -0.2) is 45.5 Å². The van der Waals surface area contributed by atoms with Crippen LogP contribution in [0.2, 0.25) is 5.02 Å². The van der Waals surface area contributed by atoms with Crippen molar-refractivity contribution in [3.63, 3.8) is 0 Å². The van der Waals surface area contributed by atoms with Gasteiger partial charge in [0.25, 0.3) is 5.91 Å². The molecule has 1 aromatic carbocycles. The zero-order valence-electron chi connectivity index (χ0n) is 12.4. The lowest BCUT2D eigenvalue weighted by Crippen LogP contribution is -2.37. The summed E-state index contributed by atoms with van der Waals surface area (Å²) in [4.78, 5) is 11.8. The van der Waals surface area contributed by atoms with Crippen molar-refractivity contribution in [2.75, 3.05) is 33.5 Å². The minimum Gasteiger partial charge on any atom is -0.481 e. The molecule has 1 N–H and O–H groups in total. The minimum absolute atomic E-state index is 0.160. The Morgan fingerprint density at radius 1 is 1.33 bits per heavy atom. The SMILES string of the molecule is COCCOCCCNC(=O)C(C)Oc1cccc(Cl)c1. The molecule has 0 aliphatic heterocycles. The van der Waals surface area contributed by atoms with Gasteiger partial charge in [0.1, 0.15) is 5.75 Å². The molecule has 0 heterocycles. The maximum Gasteiger partial charge on any atom is 0.260 e. The van der Waals surface area contributed by atoms with Crippen molar-refractivity contribution in [3.05, 3.63) is 29.3 Å².